The van der Waals surface area contributed by atoms with Crippen LogP contribution in [0.25, 0.3) is 6.08 Å². The predicted octanol–water partition coefficient (Wildman–Crippen LogP) is 2.49. The van der Waals surface area contributed by atoms with Gasteiger partial charge in [-0.15, -0.1) is 0 Å². The molecule has 2 N–H and O–H groups in total. The van der Waals surface area contributed by atoms with Crippen molar-refractivity contribution in [3.63, 3.8) is 0 Å². The minimum Gasteiger partial charge on any atom is -0.325 e. The molecule has 0 aliphatic carbocycles. The molecule has 0 radical (unpaired) electrons. The summed E-state index contributed by atoms with van der Waals surface area (Å²) in [5.41, 5.74) is 7.49. The minimum absolute atomic E-state index is 0.00247. The van der Waals surface area contributed by atoms with Crippen LogP contribution in [0.1, 0.15) is 18.1 Å². The third-order valence-corrected chi connectivity index (χ3v) is 1.82. The molecule has 0 aromatic heterocycles. The van der Waals surface area contributed by atoms with Gasteiger partial charge in [0.15, 0.2) is 0 Å². The molecule has 1 unspecified atom stereocenters. The molecule has 0 heterocycles. The molecule has 0 saturated heterocycles. The van der Waals surface area contributed by atoms with E-state index in [1.54, 1.807) is 6.07 Å². The second-order valence-electron chi connectivity index (χ2n) is 3.22. The number of aryl methyl sites for hydroxylation is 1. The predicted molar refractivity (Wildman–Crippen MR) is 53.8 cm³/mol. The molecule has 0 fully saturated rings. The van der Waals surface area contributed by atoms with Crippen molar-refractivity contribution >= 4 is 6.08 Å². The van der Waals surface area contributed by atoms with E-state index in [2.05, 4.69) is 0 Å². The largest absolute Gasteiger partial charge is 0.325 e. The van der Waals surface area contributed by atoms with Crippen LogP contribution >= 0.6 is 0 Å². The molecule has 0 spiro atoms. The number of halogens is 1. The van der Waals surface area contributed by atoms with Crippen molar-refractivity contribution < 1.29 is 4.39 Å². The summed E-state index contributed by atoms with van der Waals surface area (Å²) in [6, 6.07) is 4.73. The Morgan fingerprint density at radius 2 is 2.15 bits per heavy atom. The summed E-state index contributed by atoms with van der Waals surface area (Å²) in [4.78, 5) is 0. The molecule has 1 aromatic carbocycles. The molecule has 1 rings (SSSR count). The molecule has 0 bridgehead atoms. The van der Waals surface area contributed by atoms with Crippen molar-refractivity contribution in [1.82, 2.24) is 0 Å². The van der Waals surface area contributed by atoms with Crippen LogP contribution in [0, 0.1) is 12.7 Å². The topological polar surface area (TPSA) is 26.0 Å². The van der Waals surface area contributed by atoms with Gasteiger partial charge < -0.3 is 5.73 Å². The Kier molecular flexibility index (Phi) is 3.20. The molecule has 1 nitrogen and oxygen atoms in total. The maximum atomic E-state index is 12.8. The average molecular weight is 179 g/mol. The fraction of sp³-hybridized carbons (Fsp3) is 0.273. The zero-order valence-electron chi connectivity index (χ0n) is 7.92. The Hall–Kier alpha value is -1.15. The van der Waals surface area contributed by atoms with Crippen LogP contribution in [0.2, 0.25) is 0 Å². The molecular weight excluding hydrogens is 165 g/mol. The summed E-state index contributed by atoms with van der Waals surface area (Å²) in [5, 5.41) is 0. The van der Waals surface area contributed by atoms with Gasteiger partial charge in [-0.05, 0) is 37.1 Å². The molecule has 0 amide bonds. The number of rotatable bonds is 2. The lowest BCUT2D eigenvalue weighted by Crippen LogP contribution is -2.09. The van der Waals surface area contributed by atoms with E-state index in [0.717, 1.165) is 11.1 Å². The normalized spacial score (nSPS) is 13.5. The lowest BCUT2D eigenvalue weighted by Gasteiger charge is -2.00. The van der Waals surface area contributed by atoms with Crippen LogP contribution in [0.4, 0.5) is 4.39 Å². The van der Waals surface area contributed by atoms with Crippen molar-refractivity contribution in [1.29, 1.82) is 0 Å². The van der Waals surface area contributed by atoms with E-state index in [9.17, 15) is 4.39 Å². The van der Waals surface area contributed by atoms with E-state index >= 15 is 0 Å². The fourth-order valence-corrected chi connectivity index (χ4v) is 1.05. The smallest absolute Gasteiger partial charge is 0.123 e. The summed E-state index contributed by atoms with van der Waals surface area (Å²) >= 11 is 0. The van der Waals surface area contributed by atoms with Crippen molar-refractivity contribution in [2.75, 3.05) is 0 Å². The number of nitrogens with two attached hydrogens (primary N) is 1. The van der Waals surface area contributed by atoms with Crippen LogP contribution in [-0.4, -0.2) is 6.04 Å². The Bertz CT molecular complexity index is 316. The summed E-state index contributed by atoms with van der Waals surface area (Å²) in [6.45, 7) is 3.82. The Morgan fingerprint density at radius 3 is 2.77 bits per heavy atom. The second kappa shape index (κ2) is 4.19. The quantitative estimate of drug-likeness (QED) is 0.741. The van der Waals surface area contributed by atoms with Gasteiger partial charge in [0, 0.05) is 6.04 Å². The number of benzene rings is 1. The molecule has 13 heavy (non-hydrogen) atoms. The van der Waals surface area contributed by atoms with E-state index in [4.69, 9.17) is 5.73 Å². The number of hydrogen-bond donors (Lipinski definition) is 1. The summed E-state index contributed by atoms with van der Waals surface area (Å²) < 4.78 is 12.8. The van der Waals surface area contributed by atoms with E-state index in [1.165, 1.54) is 12.1 Å². The lowest BCUT2D eigenvalue weighted by molar-refractivity contribution is 0.627. The summed E-state index contributed by atoms with van der Waals surface area (Å²) in [7, 11) is 0. The third kappa shape index (κ3) is 2.99. The molecule has 0 aliphatic heterocycles. The van der Waals surface area contributed by atoms with E-state index < -0.39 is 0 Å². The highest BCUT2D eigenvalue weighted by Gasteiger charge is 1.96. The number of hydrogen-bond acceptors (Lipinski definition) is 1. The highest BCUT2D eigenvalue weighted by Crippen LogP contribution is 2.11. The average Bonchev–Trinajstić information content (AvgIpc) is 2.06. The molecule has 1 aromatic rings. The Balaban J connectivity index is 2.93. The monoisotopic (exact) mass is 179 g/mol. The maximum Gasteiger partial charge on any atom is 0.123 e. The van der Waals surface area contributed by atoms with Crippen molar-refractivity contribution in [2.24, 2.45) is 5.73 Å². The van der Waals surface area contributed by atoms with Gasteiger partial charge in [-0.3, -0.25) is 0 Å². The molecule has 0 aliphatic rings. The van der Waals surface area contributed by atoms with Gasteiger partial charge in [0.05, 0.1) is 0 Å². The first-order valence-electron chi connectivity index (χ1n) is 4.29. The van der Waals surface area contributed by atoms with Gasteiger partial charge in [-0.1, -0.05) is 18.2 Å². The van der Waals surface area contributed by atoms with Gasteiger partial charge >= 0.3 is 0 Å². The Labute approximate surface area is 78.1 Å². The first-order valence-corrected chi connectivity index (χ1v) is 4.29. The van der Waals surface area contributed by atoms with E-state index in [0.29, 0.717) is 0 Å². The third-order valence-electron chi connectivity index (χ3n) is 1.82. The van der Waals surface area contributed by atoms with Gasteiger partial charge in [0.1, 0.15) is 5.82 Å². The molecule has 1 atom stereocenters. The molecule has 70 valence electrons. The summed E-state index contributed by atoms with van der Waals surface area (Å²) in [5.74, 6) is -0.213. The van der Waals surface area contributed by atoms with Crippen LogP contribution in [0.3, 0.4) is 0 Å². The van der Waals surface area contributed by atoms with Crippen molar-refractivity contribution in [3.05, 3.63) is 41.2 Å². The lowest BCUT2D eigenvalue weighted by atomic mass is 10.1. The van der Waals surface area contributed by atoms with Crippen molar-refractivity contribution in [2.45, 2.75) is 19.9 Å². The summed E-state index contributed by atoms with van der Waals surface area (Å²) in [6.07, 6.45) is 3.70. The first-order chi connectivity index (χ1) is 6.09. The zero-order chi connectivity index (χ0) is 9.84. The van der Waals surface area contributed by atoms with Crippen LogP contribution < -0.4 is 5.73 Å². The second-order valence-corrected chi connectivity index (χ2v) is 3.22. The van der Waals surface area contributed by atoms with Crippen molar-refractivity contribution in [3.8, 4) is 0 Å². The zero-order valence-corrected chi connectivity index (χ0v) is 7.92. The standard InChI is InChI=1S/C11H14FN/c1-8-3-6-11(12)7-10(8)5-4-9(2)13/h3-7,9H,13H2,1-2H3/b5-4+. The van der Waals surface area contributed by atoms with E-state index in [-0.39, 0.29) is 11.9 Å². The van der Waals surface area contributed by atoms with Crippen LogP contribution in [0.5, 0.6) is 0 Å². The van der Waals surface area contributed by atoms with Gasteiger partial charge in [0.2, 0.25) is 0 Å². The molecule has 0 saturated carbocycles. The minimum atomic E-state index is -0.213. The van der Waals surface area contributed by atoms with Crippen LogP contribution in [0.15, 0.2) is 24.3 Å². The van der Waals surface area contributed by atoms with Gasteiger partial charge in [0.25, 0.3) is 0 Å². The first kappa shape index (κ1) is 9.93. The van der Waals surface area contributed by atoms with Gasteiger partial charge in [-0.25, -0.2) is 4.39 Å². The maximum absolute atomic E-state index is 12.8. The van der Waals surface area contributed by atoms with Gasteiger partial charge in [-0.2, -0.15) is 0 Å². The fourth-order valence-electron chi connectivity index (χ4n) is 1.05. The Morgan fingerprint density at radius 1 is 1.46 bits per heavy atom. The highest BCUT2D eigenvalue weighted by molar-refractivity contribution is 5.53. The molecule has 2 heteroatoms. The van der Waals surface area contributed by atoms with Crippen LogP contribution in [-0.2, 0) is 0 Å². The SMILES string of the molecule is Cc1ccc(F)cc1/C=C/C(C)N. The highest BCUT2D eigenvalue weighted by atomic mass is 19.1. The molecular formula is C11H14FN. The van der Waals surface area contributed by atoms with E-state index in [1.807, 2.05) is 26.0 Å².